The molecule has 2 heterocycles. The van der Waals surface area contributed by atoms with Crippen molar-refractivity contribution in [1.82, 2.24) is 14.6 Å². The largest absolute Gasteiger partial charge is 0.495 e. The number of hydrogen-bond donors (Lipinski definition) is 1. The topological polar surface area (TPSA) is 172 Å². The third kappa shape index (κ3) is 9.98. The van der Waals surface area contributed by atoms with E-state index in [4.69, 9.17) is 19.9 Å². The maximum absolute atomic E-state index is 13.6. The highest BCUT2D eigenvalue weighted by atomic mass is 35.5. The Morgan fingerprint density at radius 2 is 1.59 bits per heavy atom. The molecule has 0 saturated carbocycles. The molecule has 5 rings (SSSR count). The quantitative estimate of drug-likeness (QED) is 0.0972. The summed E-state index contributed by atoms with van der Waals surface area (Å²) in [7, 11) is -2.32. The van der Waals surface area contributed by atoms with Gasteiger partial charge in [0.25, 0.3) is 5.95 Å². The van der Waals surface area contributed by atoms with E-state index in [2.05, 4.69) is 10.1 Å². The Balaban J connectivity index is 0.00000650. The van der Waals surface area contributed by atoms with Gasteiger partial charge >= 0.3 is 12.1 Å². The van der Waals surface area contributed by atoms with Crippen LogP contribution in [0.5, 0.6) is 5.75 Å². The van der Waals surface area contributed by atoms with E-state index in [0.717, 1.165) is 33.4 Å². The van der Waals surface area contributed by atoms with Gasteiger partial charge in [-0.05, 0) is 65.4 Å². The molecule has 3 aromatic carbocycles. The second kappa shape index (κ2) is 17.6. The van der Waals surface area contributed by atoms with Gasteiger partial charge in [0.05, 0.1) is 17.7 Å². The Kier molecular flexibility index (Phi) is 13.5. The van der Waals surface area contributed by atoms with Crippen molar-refractivity contribution < 1.29 is 41.4 Å². The molecule has 2 N–H and O–H groups in total. The van der Waals surface area contributed by atoms with Crippen LogP contribution in [-0.4, -0.2) is 67.1 Å². The molecule has 0 aliphatic carbocycles. The molecule has 0 radical (unpaired) electrons. The first kappa shape index (κ1) is 41.4. The highest BCUT2D eigenvalue weighted by molar-refractivity contribution is 7.90. The highest BCUT2D eigenvalue weighted by Gasteiger charge is 2.29. The van der Waals surface area contributed by atoms with Crippen molar-refractivity contribution in [2.75, 3.05) is 25.1 Å². The van der Waals surface area contributed by atoms with Crippen molar-refractivity contribution in [3.8, 4) is 16.9 Å². The van der Waals surface area contributed by atoms with E-state index < -0.39 is 40.7 Å². The number of nitrogens with zero attached hydrogens (tertiary/aromatic N) is 4. The Morgan fingerprint density at radius 3 is 2.22 bits per heavy atom. The SMILES string of the molecule is COc1cc(S(C)(=O)=O)ccc1N(C(=O)OCOC(=O)[C@@H](N)CC(C)C)c1nc2ccc(-c3ccc(CC(=O)[C@H](C)c4ccc(F)cc4)cc3)cn2n1.Cl. The van der Waals surface area contributed by atoms with Crippen LogP contribution in [0.1, 0.15) is 44.2 Å². The molecular weight excluding hydrogens is 741 g/mol. The Bertz CT molecular complexity index is 2230. The van der Waals surface area contributed by atoms with Gasteiger partial charge in [0.1, 0.15) is 23.4 Å². The van der Waals surface area contributed by atoms with E-state index in [1.165, 1.54) is 42.0 Å². The van der Waals surface area contributed by atoms with Crippen molar-refractivity contribution in [2.24, 2.45) is 11.7 Å². The lowest BCUT2D eigenvalue weighted by Crippen LogP contribution is -2.35. The average Bonchev–Trinajstić information content (AvgIpc) is 3.54. The standard InChI is InChI=1S/C38H40FN5O8S.ClH/c1-23(2)18-31(40)36(46)51-22-52-38(47)44(32-16-15-30(53(5,48)49)20-34(32)50-4)37-41-35-17-12-28(21-43(35)42-37)27-8-6-25(7-9-27)19-33(45)24(3)26-10-13-29(39)14-11-26;/h6-17,20-21,23-24,31H,18-19,22,40H2,1-5H3;1H/t24-,31+;/m1./s1. The fraction of sp³-hybridized carbons (Fsp3) is 0.289. The van der Waals surface area contributed by atoms with Gasteiger partial charge in [-0.25, -0.2) is 27.0 Å². The monoisotopic (exact) mass is 781 g/mol. The first-order valence-electron chi connectivity index (χ1n) is 16.7. The number of ketones is 1. The minimum absolute atomic E-state index is 0. The van der Waals surface area contributed by atoms with E-state index in [9.17, 15) is 27.2 Å². The van der Waals surface area contributed by atoms with Crippen LogP contribution in [0, 0.1) is 11.7 Å². The highest BCUT2D eigenvalue weighted by Crippen LogP contribution is 2.35. The summed E-state index contributed by atoms with van der Waals surface area (Å²) in [6.07, 6.45) is 2.27. The van der Waals surface area contributed by atoms with Gasteiger partial charge in [-0.3, -0.25) is 9.59 Å². The summed E-state index contributed by atoms with van der Waals surface area (Å²) >= 11 is 0. The lowest BCUT2D eigenvalue weighted by molar-refractivity contribution is -0.153. The summed E-state index contributed by atoms with van der Waals surface area (Å²) in [6.45, 7) is 4.85. The van der Waals surface area contributed by atoms with Crippen LogP contribution < -0.4 is 15.4 Å². The minimum Gasteiger partial charge on any atom is -0.495 e. The summed E-state index contributed by atoms with van der Waals surface area (Å²) in [5.74, 6) is -1.50. The number of pyridine rings is 1. The molecule has 0 bridgehead atoms. The number of anilines is 2. The smallest absolute Gasteiger partial charge is 0.424 e. The molecule has 0 aliphatic heterocycles. The van der Waals surface area contributed by atoms with Crippen molar-refractivity contribution in [3.63, 3.8) is 0 Å². The number of Topliss-reactive ketones (excluding diaryl/α,β-unsaturated/α-hetero) is 1. The predicted molar refractivity (Wildman–Crippen MR) is 202 cm³/mol. The normalized spacial score (nSPS) is 12.4. The fourth-order valence-corrected chi connectivity index (χ4v) is 6.15. The third-order valence-corrected chi connectivity index (χ3v) is 9.56. The Labute approximate surface area is 318 Å². The number of carbonyl (C=O) groups excluding carboxylic acids is 3. The number of nitrogens with two attached hydrogens (primary N) is 1. The summed E-state index contributed by atoms with van der Waals surface area (Å²) in [6, 6.07) is 19.9. The molecule has 13 nitrogen and oxygen atoms in total. The number of aromatic nitrogens is 3. The number of ether oxygens (including phenoxy) is 3. The van der Waals surface area contributed by atoms with Crippen LogP contribution in [0.2, 0.25) is 0 Å². The zero-order valence-electron chi connectivity index (χ0n) is 30.3. The van der Waals surface area contributed by atoms with Crippen molar-refractivity contribution in [2.45, 2.75) is 50.5 Å². The van der Waals surface area contributed by atoms with Crippen molar-refractivity contribution in [1.29, 1.82) is 0 Å². The van der Waals surface area contributed by atoms with Gasteiger partial charge in [-0.15, -0.1) is 17.5 Å². The fourth-order valence-electron chi connectivity index (χ4n) is 5.52. The zero-order valence-corrected chi connectivity index (χ0v) is 31.9. The number of amides is 1. The zero-order chi connectivity index (χ0) is 38.4. The molecule has 2 aromatic heterocycles. The minimum atomic E-state index is -3.63. The van der Waals surface area contributed by atoms with Gasteiger partial charge in [0.15, 0.2) is 15.5 Å². The van der Waals surface area contributed by atoms with Gasteiger partial charge in [0, 0.05) is 36.4 Å². The molecule has 0 spiro atoms. The second-order valence-electron chi connectivity index (χ2n) is 12.9. The molecule has 0 aliphatic rings. The number of methoxy groups -OCH3 is 1. The van der Waals surface area contributed by atoms with E-state index >= 15 is 0 Å². The molecular formula is C38H41ClFN5O8S. The molecule has 2 atom stereocenters. The van der Waals surface area contributed by atoms with Gasteiger partial charge in [-0.2, -0.15) is 4.98 Å². The molecule has 0 fully saturated rings. The van der Waals surface area contributed by atoms with Crippen LogP contribution in [0.25, 0.3) is 16.8 Å². The van der Waals surface area contributed by atoms with Crippen LogP contribution in [0.15, 0.2) is 90.0 Å². The third-order valence-electron chi connectivity index (χ3n) is 8.45. The first-order chi connectivity index (χ1) is 25.1. The Hall–Kier alpha value is -5.38. The lowest BCUT2D eigenvalue weighted by Gasteiger charge is -2.21. The van der Waals surface area contributed by atoms with E-state index in [1.807, 2.05) is 44.2 Å². The molecule has 0 unspecified atom stereocenters. The molecule has 5 aromatic rings. The number of rotatable bonds is 14. The number of benzene rings is 3. The number of sulfone groups is 1. The predicted octanol–water partition coefficient (Wildman–Crippen LogP) is 6.43. The van der Waals surface area contributed by atoms with Gasteiger partial charge in [-0.1, -0.05) is 57.2 Å². The maximum Gasteiger partial charge on any atom is 0.424 e. The number of hydrogen-bond acceptors (Lipinski definition) is 11. The van der Waals surface area contributed by atoms with E-state index in [1.54, 1.807) is 31.3 Å². The van der Waals surface area contributed by atoms with Gasteiger partial charge < -0.3 is 19.9 Å². The maximum atomic E-state index is 13.6. The molecule has 286 valence electrons. The number of fused-ring (bicyclic) bond motifs is 1. The molecule has 54 heavy (non-hydrogen) atoms. The summed E-state index contributed by atoms with van der Waals surface area (Å²) in [5.41, 5.74) is 9.43. The Morgan fingerprint density at radius 1 is 0.926 bits per heavy atom. The molecule has 16 heteroatoms. The summed E-state index contributed by atoms with van der Waals surface area (Å²) in [4.78, 5) is 44.3. The van der Waals surface area contributed by atoms with Gasteiger partial charge in [0.2, 0.25) is 6.79 Å². The van der Waals surface area contributed by atoms with Crippen LogP contribution in [0.3, 0.4) is 0 Å². The number of carbonyl (C=O) groups is 3. The van der Waals surface area contributed by atoms with Crippen molar-refractivity contribution in [3.05, 3.63) is 102 Å². The van der Waals surface area contributed by atoms with E-state index in [0.29, 0.717) is 12.1 Å². The first-order valence-corrected chi connectivity index (χ1v) is 18.5. The van der Waals surface area contributed by atoms with Crippen LogP contribution >= 0.6 is 12.4 Å². The van der Waals surface area contributed by atoms with Crippen LogP contribution in [-0.2, 0) is 35.3 Å². The molecule has 0 saturated heterocycles. The van der Waals surface area contributed by atoms with Crippen LogP contribution in [0.4, 0.5) is 20.8 Å². The van der Waals surface area contributed by atoms with E-state index in [-0.39, 0.29) is 58.6 Å². The average molecular weight is 782 g/mol. The lowest BCUT2D eigenvalue weighted by atomic mass is 9.92. The number of halogens is 2. The van der Waals surface area contributed by atoms with Crippen molar-refractivity contribution >= 4 is 57.4 Å². The summed E-state index contributed by atoms with van der Waals surface area (Å²) < 4.78 is 55.1. The molecule has 1 amide bonds. The number of esters is 1. The second-order valence-corrected chi connectivity index (χ2v) is 14.9. The summed E-state index contributed by atoms with van der Waals surface area (Å²) in [5, 5.41) is 4.52.